The van der Waals surface area contributed by atoms with Gasteiger partial charge in [0, 0.05) is 16.9 Å². The van der Waals surface area contributed by atoms with Crippen LogP contribution in [0.1, 0.15) is 10.4 Å². The Hall–Kier alpha value is -1.88. The Bertz CT molecular complexity index is 616. The lowest BCUT2D eigenvalue weighted by atomic mass is 10.2. The summed E-state index contributed by atoms with van der Waals surface area (Å²) in [6, 6.07) is 9.18. The van der Waals surface area contributed by atoms with Crippen LogP contribution in [-0.4, -0.2) is 24.0 Å². The number of ether oxygens (including phenoxy) is 1. The summed E-state index contributed by atoms with van der Waals surface area (Å²) in [6.07, 6.45) is 3.23. The number of anilines is 1. The van der Waals surface area contributed by atoms with Gasteiger partial charge >= 0.3 is 0 Å². The lowest BCUT2D eigenvalue weighted by Crippen LogP contribution is -2.37. The van der Waals surface area contributed by atoms with Crippen LogP contribution in [0.25, 0.3) is 0 Å². The van der Waals surface area contributed by atoms with Gasteiger partial charge in [0.05, 0.1) is 17.8 Å². The van der Waals surface area contributed by atoms with E-state index in [4.69, 9.17) is 4.74 Å². The van der Waals surface area contributed by atoms with Gasteiger partial charge in [0.25, 0.3) is 5.91 Å². The molecule has 0 radical (unpaired) electrons. The molecule has 1 aromatic carbocycles. The Kier molecular flexibility index (Phi) is 3.21. The molecule has 2 aromatic rings. The molecular weight excluding hydrogens is 308 g/mol. The Morgan fingerprint density at radius 1 is 1.37 bits per heavy atom. The highest BCUT2D eigenvalue weighted by atomic mass is 79.9. The summed E-state index contributed by atoms with van der Waals surface area (Å²) < 4.78 is 6.51. The molecule has 96 valence electrons. The van der Waals surface area contributed by atoms with E-state index in [2.05, 4.69) is 20.9 Å². The van der Waals surface area contributed by atoms with Crippen LogP contribution >= 0.6 is 15.9 Å². The highest BCUT2D eigenvalue weighted by molar-refractivity contribution is 9.10. The van der Waals surface area contributed by atoms with Crippen molar-refractivity contribution in [3.63, 3.8) is 0 Å². The van der Waals surface area contributed by atoms with Crippen molar-refractivity contribution in [2.24, 2.45) is 0 Å². The molecular formula is C14H11BrN2O2. The van der Waals surface area contributed by atoms with Crippen molar-refractivity contribution in [1.29, 1.82) is 0 Å². The van der Waals surface area contributed by atoms with E-state index in [9.17, 15) is 4.79 Å². The second-order valence-corrected chi connectivity index (χ2v) is 5.07. The minimum absolute atomic E-state index is 0.0556. The Morgan fingerprint density at radius 3 is 3.05 bits per heavy atom. The van der Waals surface area contributed by atoms with Gasteiger partial charge in [0.2, 0.25) is 0 Å². The first-order chi connectivity index (χ1) is 9.25. The fourth-order valence-electron chi connectivity index (χ4n) is 2.05. The lowest BCUT2D eigenvalue weighted by molar-refractivity contribution is 0.0976. The fourth-order valence-corrected chi connectivity index (χ4v) is 2.39. The van der Waals surface area contributed by atoms with Gasteiger partial charge in [0.15, 0.2) is 0 Å². The number of carbonyl (C=O) groups excluding carboxylic acids is 1. The molecule has 1 aliphatic rings. The van der Waals surface area contributed by atoms with Crippen LogP contribution in [0.5, 0.6) is 5.75 Å². The largest absolute Gasteiger partial charge is 0.489 e. The van der Waals surface area contributed by atoms with E-state index in [1.807, 2.05) is 18.2 Å². The third-order valence-electron chi connectivity index (χ3n) is 2.94. The van der Waals surface area contributed by atoms with Gasteiger partial charge in [-0.15, -0.1) is 0 Å². The molecule has 4 nitrogen and oxygen atoms in total. The van der Waals surface area contributed by atoms with Gasteiger partial charge in [0.1, 0.15) is 12.4 Å². The minimum Gasteiger partial charge on any atom is -0.489 e. The number of carbonyl (C=O) groups is 1. The van der Waals surface area contributed by atoms with Crippen molar-refractivity contribution in [2.75, 3.05) is 18.1 Å². The number of benzene rings is 1. The molecule has 19 heavy (non-hydrogen) atoms. The molecule has 0 unspecified atom stereocenters. The van der Waals surface area contributed by atoms with Crippen LogP contribution in [0.3, 0.4) is 0 Å². The molecule has 1 aromatic heterocycles. The van der Waals surface area contributed by atoms with Gasteiger partial charge < -0.3 is 9.64 Å². The molecule has 0 spiro atoms. The molecule has 1 amide bonds. The van der Waals surface area contributed by atoms with Crippen molar-refractivity contribution in [1.82, 2.24) is 4.98 Å². The average Bonchev–Trinajstić information content (AvgIpc) is 2.46. The fraction of sp³-hybridized carbons (Fsp3) is 0.143. The van der Waals surface area contributed by atoms with E-state index < -0.39 is 0 Å². The predicted octanol–water partition coefficient (Wildman–Crippen LogP) is 2.88. The summed E-state index contributed by atoms with van der Waals surface area (Å²) in [6.45, 7) is 1.04. The second-order valence-electron chi connectivity index (χ2n) is 4.16. The monoisotopic (exact) mass is 318 g/mol. The number of halogens is 1. The maximum absolute atomic E-state index is 12.5. The average molecular weight is 319 g/mol. The SMILES string of the molecule is O=C(c1cccnc1)N1CCOc2cc(Br)ccc21. The number of hydrogen-bond donors (Lipinski definition) is 0. The van der Waals surface area contributed by atoms with E-state index in [0.717, 1.165) is 15.9 Å². The zero-order chi connectivity index (χ0) is 13.2. The first-order valence-corrected chi connectivity index (χ1v) is 6.69. The molecule has 0 bridgehead atoms. The molecule has 0 saturated heterocycles. The van der Waals surface area contributed by atoms with Gasteiger partial charge in [-0.1, -0.05) is 15.9 Å². The van der Waals surface area contributed by atoms with Crippen molar-refractivity contribution >= 4 is 27.5 Å². The Balaban J connectivity index is 1.98. The third-order valence-corrected chi connectivity index (χ3v) is 3.43. The second kappa shape index (κ2) is 5.01. The molecule has 0 fully saturated rings. The zero-order valence-electron chi connectivity index (χ0n) is 10.0. The van der Waals surface area contributed by atoms with Crippen LogP contribution in [0.15, 0.2) is 47.2 Å². The summed E-state index contributed by atoms with van der Waals surface area (Å²) in [5.41, 5.74) is 1.38. The van der Waals surface area contributed by atoms with Crippen LogP contribution in [0.4, 0.5) is 5.69 Å². The summed E-state index contributed by atoms with van der Waals surface area (Å²) in [4.78, 5) is 18.2. The summed E-state index contributed by atoms with van der Waals surface area (Å²) in [5, 5.41) is 0. The molecule has 0 N–H and O–H groups in total. The Morgan fingerprint density at radius 2 is 2.26 bits per heavy atom. The topological polar surface area (TPSA) is 42.4 Å². The van der Waals surface area contributed by atoms with E-state index in [-0.39, 0.29) is 5.91 Å². The van der Waals surface area contributed by atoms with E-state index in [1.165, 1.54) is 0 Å². The molecule has 0 saturated carbocycles. The number of amides is 1. The van der Waals surface area contributed by atoms with Crippen molar-refractivity contribution in [3.05, 3.63) is 52.8 Å². The summed E-state index contributed by atoms with van der Waals surface area (Å²) in [7, 11) is 0. The van der Waals surface area contributed by atoms with Crippen LogP contribution in [0.2, 0.25) is 0 Å². The first-order valence-electron chi connectivity index (χ1n) is 5.90. The smallest absolute Gasteiger partial charge is 0.260 e. The zero-order valence-corrected chi connectivity index (χ0v) is 11.6. The quantitative estimate of drug-likeness (QED) is 0.812. The number of pyridine rings is 1. The molecule has 5 heteroatoms. The number of fused-ring (bicyclic) bond motifs is 1. The lowest BCUT2D eigenvalue weighted by Gasteiger charge is -2.29. The predicted molar refractivity (Wildman–Crippen MR) is 75.6 cm³/mol. The standard InChI is InChI=1S/C14H11BrN2O2/c15-11-3-4-12-13(8-11)19-7-6-17(12)14(18)10-2-1-5-16-9-10/h1-5,8-9H,6-7H2. The number of aromatic nitrogens is 1. The Labute approximate surface area is 119 Å². The normalized spacial score (nSPS) is 13.6. The van der Waals surface area contributed by atoms with Crippen LogP contribution < -0.4 is 9.64 Å². The molecule has 0 aliphatic carbocycles. The van der Waals surface area contributed by atoms with Gasteiger partial charge in [-0.3, -0.25) is 9.78 Å². The van der Waals surface area contributed by atoms with Crippen molar-refractivity contribution in [2.45, 2.75) is 0 Å². The van der Waals surface area contributed by atoms with Crippen LogP contribution in [-0.2, 0) is 0 Å². The highest BCUT2D eigenvalue weighted by Crippen LogP contribution is 2.34. The van der Waals surface area contributed by atoms with Gasteiger partial charge in [-0.2, -0.15) is 0 Å². The molecule has 2 heterocycles. The number of rotatable bonds is 1. The molecule has 3 rings (SSSR count). The first kappa shape index (κ1) is 12.2. The van der Waals surface area contributed by atoms with Crippen molar-refractivity contribution < 1.29 is 9.53 Å². The highest BCUT2D eigenvalue weighted by Gasteiger charge is 2.24. The summed E-state index contributed by atoms with van der Waals surface area (Å²) in [5.74, 6) is 0.665. The maximum atomic E-state index is 12.5. The minimum atomic E-state index is -0.0556. The molecule has 1 aliphatic heterocycles. The molecule has 0 atom stereocenters. The number of nitrogens with zero attached hydrogens (tertiary/aromatic N) is 2. The van der Waals surface area contributed by atoms with Crippen molar-refractivity contribution in [3.8, 4) is 5.75 Å². The van der Waals surface area contributed by atoms with Crippen LogP contribution in [0, 0.1) is 0 Å². The van der Waals surface area contributed by atoms with E-state index >= 15 is 0 Å². The summed E-state index contributed by atoms with van der Waals surface area (Å²) >= 11 is 3.40. The number of hydrogen-bond acceptors (Lipinski definition) is 3. The van der Waals surface area contributed by atoms with E-state index in [1.54, 1.807) is 29.4 Å². The third kappa shape index (κ3) is 2.33. The maximum Gasteiger partial charge on any atom is 0.260 e. The van der Waals surface area contributed by atoms with Gasteiger partial charge in [-0.05, 0) is 30.3 Å². The van der Waals surface area contributed by atoms with E-state index in [0.29, 0.717) is 18.7 Å². The van der Waals surface area contributed by atoms with Gasteiger partial charge in [-0.25, -0.2) is 0 Å².